The number of rotatable bonds is 5. The van der Waals surface area contributed by atoms with Crippen LogP contribution < -0.4 is 10.1 Å². The van der Waals surface area contributed by atoms with E-state index in [1.165, 1.54) is 18.2 Å². The number of halogens is 2. The fraction of sp³-hybridized carbons (Fsp3) is 0.154. The van der Waals surface area contributed by atoms with Gasteiger partial charge in [-0.05, 0) is 40.2 Å². The van der Waals surface area contributed by atoms with Crippen LogP contribution >= 0.6 is 27.3 Å². The Labute approximate surface area is 122 Å². The van der Waals surface area contributed by atoms with Crippen molar-refractivity contribution in [1.29, 1.82) is 0 Å². The van der Waals surface area contributed by atoms with Crippen LogP contribution in [0.25, 0.3) is 0 Å². The number of hydrogen-bond donors (Lipinski definition) is 1. The number of hydrogen-bond acceptors (Lipinski definition) is 3. The number of ether oxygens (including phenoxy) is 1. The highest BCUT2D eigenvalue weighted by Gasteiger charge is 2.04. The summed E-state index contributed by atoms with van der Waals surface area (Å²) in [7, 11) is 0. The largest absolute Gasteiger partial charge is 0.484 e. The van der Waals surface area contributed by atoms with Gasteiger partial charge < -0.3 is 10.1 Å². The van der Waals surface area contributed by atoms with Gasteiger partial charge in [-0.15, -0.1) is 11.3 Å². The molecule has 0 aliphatic heterocycles. The molecule has 0 spiro atoms. The Kier molecular flexibility index (Phi) is 4.93. The van der Waals surface area contributed by atoms with Gasteiger partial charge in [0.15, 0.2) is 6.61 Å². The zero-order chi connectivity index (χ0) is 13.7. The summed E-state index contributed by atoms with van der Waals surface area (Å²) in [6.07, 6.45) is 0. The normalized spacial score (nSPS) is 10.2. The molecule has 1 heterocycles. The molecule has 0 atom stereocenters. The molecule has 2 rings (SSSR count). The first-order valence-electron chi connectivity index (χ1n) is 5.53. The van der Waals surface area contributed by atoms with Gasteiger partial charge in [-0.1, -0.05) is 6.07 Å². The van der Waals surface area contributed by atoms with Gasteiger partial charge in [0.05, 0.1) is 10.3 Å². The van der Waals surface area contributed by atoms with E-state index in [9.17, 15) is 9.18 Å². The maximum Gasteiger partial charge on any atom is 0.258 e. The molecular formula is C13H11BrFNO2S. The molecule has 0 saturated carbocycles. The third kappa shape index (κ3) is 4.65. The Bertz CT molecular complexity index is 573. The minimum Gasteiger partial charge on any atom is -0.484 e. The van der Waals surface area contributed by atoms with Crippen LogP contribution in [0.2, 0.25) is 0 Å². The summed E-state index contributed by atoms with van der Waals surface area (Å²) in [5.41, 5.74) is 0. The van der Waals surface area contributed by atoms with Crippen LogP contribution in [-0.4, -0.2) is 12.5 Å². The molecule has 19 heavy (non-hydrogen) atoms. The van der Waals surface area contributed by atoms with E-state index in [2.05, 4.69) is 21.2 Å². The van der Waals surface area contributed by atoms with Gasteiger partial charge in [0, 0.05) is 10.9 Å². The van der Waals surface area contributed by atoms with Crippen LogP contribution in [0.15, 0.2) is 40.2 Å². The number of carbonyl (C=O) groups is 1. The number of nitrogens with one attached hydrogen (secondary N) is 1. The van der Waals surface area contributed by atoms with Crippen LogP contribution in [0, 0.1) is 5.82 Å². The summed E-state index contributed by atoms with van der Waals surface area (Å²) in [5.74, 6) is -0.288. The Hall–Kier alpha value is -1.40. The van der Waals surface area contributed by atoms with Crippen LogP contribution in [-0.2, 0) is 11.3 Å². The van der Waals surface area contributed by atoms with Crippen molar-refractivity contribution in [1.82, 2.24) is 5.32 Å². The SMILES string of the molecule is O=C(COc1cccc(F)c1)NCc1ccc(Br)s1. The monoisotopic (exact) mass is 343 g/mol. The van der Waals surface area contributed by atoms with Gasteiger partial charge >= 0.3 is 0 Å². The van der Waals surface area contributed by atoms with Gasteiger partial charge in [0.1, 0.15) is 11.6 Å². The van der Waals surface area contributed by atoms with Crippen molar-refractivity contribution in [2.75, 3.05) is 6.61 Å². The summed E-state index contributed by atoms with van der Waals surface area (Å²) in [5, 5.41) is 2.73. The summed E-state index contributed by atoms with van der Waals surface area (Å²) >= 11 is 4.91. The maximum atomic E-state index is 12.9. The van der Waals surface area contributed by atoms with E-state index in [-0.39, 0.29) is 18.3 Å². The lowest BCUT2D eigenvalue weighted by Gasteiger charge is -2.06. The standard InChI is InChI=1S/C13H11BrFNO2S/c14-12-5-4-11(19-12)7-16-13(17)8-18-10-3-1-2-9(15)6-10/h1-6H,7-8H2,(H,16,17). The highest BCUT2D eigenvalue weighted by molar-refractivity contribution is 9.11. The van der Waals surface area contributed by atoms with E-state index in [4.69, 9.17) is 4.74 Å². The summed E-state index contributed by atoms with van der Waals surface area (Å²) in [4.78, 5) is 12.6. The minimum absolute atomic E-state index is 0.129. The second-order valence-corrected chi connectivity index (χ2v) is 6.28. The zero-order valence-corrected chi connectivity index (χ0v) is 12.3. The van der Waals surface area contributed by atoms with Crippen molar-refractivity contribution in [2.24, 2.45) is 0 Å². The van der Waals surface area contributed by atoms with Crippen molar-refractivity contribution < 1.29 is 13.9 Å². The van der Waals surface area contributed by atoms with E-state index >= 15 is 0 Å². The van der Waals surface area contributed by atoms with Crippen LogP contribution in [0.4, 0.5) is 4.39 Å². The molecule has 1 N–H and O–H groups in total. The van der Waals surface area contributed by atoms with Crippen molar-refractivity contribution in [3.05, 3.63) is 50.9 Å². The van der Waals surface area contributed by atoms with Gasteiger partial charge in [0.25, 0.3) is 5.91 Å². The Balaban J connectivity index is 1.75. The lowest BCUT2D eigenvalue weighted by Crippen LogP contribution is -2.28. The molecular weight excluding hydrogens is 333 g/mol. The fourth-order valence-electron chi connectivity index (χ4n) is 1.39. The molecule has 1 aromatic heterocycles. The third-order valence-electron chi connectivity index (χ3n) is 2.25. The second kappa shape index (κ2) is 6.68. The molecule has 100 valence electrons. The van der Waals surface area contributed by atoms with Crippen LogP contribution in [0.5, 0.6) is 5.75 Å². The average molecular weight is 344 g/mol. The van der Waals surface area contributed by atoms with E-state index in [0.29, 0.717) is 12.3 Å². The summed E-state index contributed by atoms with van der Waals surface area (Å²) in [6, 6.07) is 9.56. The average Bonchev–Trinajstić information content (AvgIpc) is 2.80. The first-order chi connectivity index (χ1) is 9.13. The molecule has 3 nitrogen and oxygen atoms in total. The van der Waals surface area contributed by atoms with E-state index in [0.717, 1.165) is 8.66 Å². The van der Waals surface area contributed by atoms with Gasteiger partial charge in [-0.25, -0.2) is 4.39 Å². The lowest BCUT2D eigenvalue weighted by molar-refractivity contribution is -0.123. The molecule has 0 bridgehead atoms. The number of thiophene rings is 1. The van der Waals surface area contributed by atoms with Crippen molar-refractivity contribution in [2.45, 2.75) is 6.54 Å². The van der Waals surface area contributed by atoms with Crippen molar-refractivity contribution >= 4 is 33.2 Å². The van der Waals surface area contributed by atoms with Crippen LogP contribution in [0.3, 0.4) is 0 Å². The molecule has 0 aliphatic rings. The van der Waals surface area contributed by atoms with E-state index < -0.39 is 0 Å². The fourth-order valence-corrected chi connectivity index (χ4v) is 2.81. The second-order valence-electron chi connectivity index (χ2n) is 3.73. The smallest absolute Gasteiger partial charge is 0.258 e. The van der Waals surface area contributed by atoms with Crippen molar-refractivity contribution in [3.63, 3.8) is 0 Å². The molecule has 1 amide bonds. The minimum atomic E-state index is -0.388. The molecule has 0 fully saturated rings. The third-order valence-corrected chi connectivity index (χ3v) is 3.88. The first kappa shape index (κ1) is 14.0. The number of carbonyl (C=O) groups excluding carboxylic acids is 1. The molecule has 0 aliphatic carbocycles. The predicted octanol–water partition coefficient (Wildman–Crippen LogP) is 3.34. The first-order valence-corrected chi connectivity index (χ1v) is 7.14. The van der Waals surface area contributed by atoms with E-state index in [1.54, 1.807) is 17.4 Å². The molecule has 2 aromatic rings. The highest BCUT2D eigenvalue weighted by Crippen LogP contribution is 2.21. The Morgan fingerprint density at radius 3 is 2.89 bits per heavy atom. The Morgan fingerprint density at radius 1 is 1.37 bits per heavy atom. The summed E-state index contributed by atoms with van der Waals surface area (Å²) < 4.78 is 19.1. The Morgan fingerprint density at radius 2 is 2.21 bits per heavy atom. The van der Waals surface area contributed by atoms with Gasteiger partial charge in [-0.3, -0.25) is 4.79 Å². The number of amides is 1. The molecule has 1 aromatic carbocycles. The van der Waals surface area contributed by atoms with Crippen molar-refractivity contribution in [3.8, 4) is 5.75 Å². The molecule has 0 unspecified atom stereocenters. The topological polar surface area (TPSA) is 38.3 Å². The van der Waals surface area contributed by atoms with E-state index in [1.807, 2.05) is 12.1 Å². The van der Waals surface area contributed by atoms with Gasteiger partial charge in [-0.2, -0.15) is 0 Å². The molecule has 0 radical (unpaired) electrons. The highest BCUT2D eigenvalue weighted by atomic mass is 79.9. The van der Waals surface area contributed by atoms with Crippen LogP contribution in [0.1, 0.15) is 4.88 Å². The molecule has 0 saturated heterocycles. The number of benzene rings is 1. The molecule has 6 heteroatoms. The zero-order valence-electron chi connectivity index (χ0n) is 9.86. The lowest BCUT2D eigenvalue weighted by atomic mass is 10.3. The quantitative estimate of drug-likeness (QED) is 0.904. The summed E-state index contributed by atoms with van der Waals surface area (Å²) in [6.45, 7) is 0.331. The van der Waals surface area contributed by atoms with Gasteiger partial charge in [0.2, 0.25) is 0 Å². The predicted molar refractivity (Wildman–Crippen MR) is 75.8 cm³/mol. The maximum absolute atomic E-state index is 12.9.